The topological polar surface area (TPSA) is 91.7 Å². The predicted octanol–water partition coefficient (Wildman–Crippen LogP) is 1.70. The highest BCUT2D eigenvalue weighted by Crippen LogP contribution is 2.39. The Bertz CT molecular complexity index is 887. The van der Waals surface area contributed by atoms with Gasteiger partial charge in [0.05, 0.1) is 27.0 Å². The number of aryl methyl sites for hydroxylation is 1. The molecule has 2 heterocycles. The van der Waals surface area contributed by atoms with E-state index in [2.05, 4.69) is 10.4 Å². The fraction of sp³-hybridized carbons (Fsp3) is 0.389. The quantitative estimate of drug-likeness (QED) is 0.801. The minimum Gasteiger partial charge on any atom is -0.493 e. The molecule has 8 nitrogen and oxygen atoms in total. The number of benzene rings is 1. The number of carbonyl (C=O) groups is 1. The number of rotatable bonds is 6. The first-order valence-corrected chi connectivity index (χ1v) is 9.48. The smallest absolute Gasteiger partial charge is 0.267 e. The van der Waals surface area contributed by atoms with Gasteiger partial charge in [-0.3, -0.25) is 9.59 Å². The van der Waals surface area contributed by atoms with Gasteiger partial charge in [0.1, 0.15) is 6.54 Å². The fourth-order valence-electron chi connectivity index (χ4n) is 2.86. The van der Waals surface area contributed by atoms with Gasteiger partial charge in [0, 0.05) is 36.1 Å². The van der Waals surface area contributed by atoms with Crippen LogP contribution in [0.25, 0.3) is 0 Å². The van der Waals surface area contributed by atoms with Gasteiger partial charge in [-0.1, -0.05) is 0 Å². The molecule has 0 radical (unpaired) electrons. The molecule has 9 heteroatoms. The summed E-state index contributed by atoms with van der Waals surface area (Å²) in [6, 6.07) is 4.82. The molecule has 0 saturated heterocycles. The number of carbonyl (C=O) groups excluding carboxylic acids is 1. The first kappa shape index (κ1) is 19.1. The van der Waals surface area contributed by atoms with E-state index in [1.807, 2.05) is 0 Å². The number of nitrogens with one attached hydrogen (secondary N) is 1. The third kappa shape index (κ3) is 4.19. The van der Waals surface area contributed by atoms with E-state index in [-0.39, 0.29) is 18.0 Å². The highest BCUT2D eigenvalue weighted by Gasteiger charge is 2.17. The van der Waals surface area contributed by atoms with Crippen LogP contribution >= 0.6 is 11.8 Å². The van der Waals surface area contributed by atoms with Crippen LogP contribution in [0.15, 0.2) is 23.0 Å². The predicted molar refractivity (Wildman–Crippen MR) is 103 cm³/mol. The van der Waals surface area contributed by atoms with Gasteiger partial charge >= 0.3 is 0 Å². The number of methoxy groups -OCH3 is 3. The second-order valence-corrected chi connectivity index (χ2v) is 6.98. The number of nitrogens with zero attached hydrogens (tertiary/aromatic N) is 2. The van der Waals surface area contributed by atoms with Crippen LogP contribution < -0.4 is 25.1 Å². The Kier molecular flexibility index (Phi) is 5.90. The lowest BCUT2D eigenvalue weighted by Crippen LogP contribution is -2.31. The Hall–Kier alpha value is -2.68. The van der Waals surface area contributed by atoms with Crippen LogP contribution in [-0.4, -0.2) is 42.8 Å². The minimum absolute atomic E-state index is 0.171. The van der Waals surface area contributed by atoms with Gasteiger partial charge in [-0.25, -0.2) is 4.68 Å². The number of aromatic nitrogens is 2. The van der Waals surface area contributed by atoms with Gasteiger partial charge in [-0.05, 0) is 11.3 Å². The maximum atomic E-state index is 12.4. The van der Waals surface area contributed by atoms with Crippen LogP contribution in [0.5, 0.6) is 17.2 Å². The summed E-state index contributed by atoms with van der Waals surface area (Å²) in [5.41, 5.74) is 2.03. The number of hydrogen-bond donors (Lipinski definition) is 1. The Labute approximate surface area is 160 Å². The van der Waals surface area contributed by atoms with Gasteiger partial charge in [0.25, 0.3) is 5.56 Å². The summed E-state index contributed by atoms with van der Waals surface area (Å²) < 4.78 is 17.0. The number of anilines is 1. The number of ether oxygens (including phenoxy) is 3. The summed E-state index contributed by atoms with van der Waals surface area (Å²) in [7, 11) is 4.50. The summed E-state index contributed by atoms with van der Waals surface area (Å²) in [5.74, 6) is 2.67. The number of amides is 1. The van der Waals surface area contributed by atoms with Gasteiger partial charge in [0.2, 0.25) is 11.7 Å². The van der Waals surface area contributed by atoms with Crippen molar-refractivity contribution < 1.29 is 19.0 Å². The molecular formula is C18H21N3O5S. The molecule has 0 atom stereocenters. The largest absolute Gasteiger partial charge is 0.493 e. The highest BCUT2D eigenvalue weighted by molar-refractivity contribution is 7.98. The molecule has 3 rings (SSSR count). The lowest BCUT2D eigenvalue weighted by Gasteiger charge is -2.16. The van der Waals surface area contributed by atoms with Crippen molar-refractivity contribution in [2.75, 3.05) is 32.4 Å². The molecule has 1 aliphatic rings. The highest BCUT2D eigenvalue weighted by atomic mass is 32.2. The van der Waals surface area contributed by atoms with Crippen molar-refractivity contribution in [3.05, 3.63) is 39.8 Å². The molecule has 0 unspecified atom stereocenters. The maximum absolute atomic E-state index is 12.4. The van der Waals surface area contributed by atoms with Crippen molar-refractivity contribution in [1.82, 2.24) is 9.78 Å². The summed E-state index contributed by atoms with van der Waals surface area (Å²) in [5, 5.41) is 7.09. The van der Waals surface area contributed by atoms with Gasteiger partial charge in [-0.15, -0.1) is 0 Å². The number of hydrogen-bond acceptors (Lipinski definition) is 7. The van der Waals surface area contributed by atoms with E-state index < -0.39 is 0 Å². The van der Waals surface area contributed by atoms with E-state index in [0.717, 1.165) is 29.2 Å². The van der Waals surface area contributed by atoms with Crippen molar-refractivity contribution >= 4 is 23.4 Å². The average Bonchev–Trinajstić information content (AvgIpc) is 2.67. The van der Waals surface area contributed by atoms with Crippen molar-refractivity contribution in [3.8, 4) is 17.2 Å². The molecule has 1 amide bonds. The Morgan fingerprint density at radius 1 is 1.19 bits per heavy atom. The molecule has 144 valence electrons. The SMILES string of the molecule is COc1cc(NC(=O)Cn2nc3c(cc2=O)CSCC3)cc(OC)c1OC. The molecule has 0 bridgehead atoms. The van der Waals surface area contributed by atoms with Crippen LogP contribution in [0.4, 0.5) is 5.69 Å². The van der Waals surface area contributed by atoms with Crippen molar-refractivity contribution in [3.63, 3.8) is 0 Å². The monoisotopic (exact) mass is 391 g/mol. The van der Waals surface area contributed by atoms with Crippen LogP contribution in [0, 0.1) is 0 Å². The Morgan fingerprint density at radius 3 is 2.52 bits per heavy atom. The van der Waals surface area contributed by atoms with Gasteiger partial charge in [-0.2, -0.15) is 16.9 Å². The van der Waals surface area contributed by atoms with E-state index in [9.17, 15) is 9.59 Å². The van der Waals surface area contributed by atoms with E-state index in [1.54, 1.807) is 30.0 Å². The zero-order valence-electron chi connectivity index (χ0n) is 15.4. The summed E-state index contributed by atoms with van der Waals surface area (Å²) >= 11 is 1.78. The van der Waals surface area contributed by atoms with Crippen LogP contribution in [0.1, 0.15) is 11.3 Å². The standard InChI is InChI=1S/C18H21N3O5S/c1-24-14-7-12(8-15(25-2)18(14)26-3)19-16(22)9-21-17(23)6-11-10-27-5-4-13(11)20-21/h6-8H,4-5,9-10H2,1-3H3,(H,19,22). The van der Waals surface area contributed by atoms with Crippen molar-refractivity contribution in [2.24, 2.45) is 0 Å². The third-order valence-electron chi connectivity index (χ3n) is 4.15. The number of thioether (sulfide) groups is 1. The molecule has 1 aromatic heterocycles. The fourth-order valence-corrected chi connectivity index (χ4v) is 3.81. The Balaban J connectivity index is 1.79. The molecule has 0 spiro atoms. The molecule has 0 aliphatic carbocycles. The molecule has 27 heavy (non-hydrogen) atoms. The first-order valence-electron chi connectivity index (χ1n) is 8.33. The maximum Gasteiger partial charge on any atom is 0.267 e. The molecule has 1 aliphatic heterocycles. The zero-order valence-corrected chi connectivity index (χ0v) is 16.2. The average molecular weight is 391 g/mol. The first-order chi connectivity index (χ1) is 13.0. The number of fused-ring (bicyclic) bond motifs is 1. The molecule has 0 saturated carbocycles. The molecule has 1 N–H and O–H groups in total. The second-order valence-electron chi connectivity index (χ2n) is 5.88. The van der Waals surface area contributed by atoms with Gasteiger partial charge in [0.15, 0.2) is 11.5 Å². The van der Waals surface area contributed by atoms with E-state index in [0.29, 0.717) is 22.9 Å². The van der Waals surface area contributed by atoms with Crippen LogP contribution in [0.3, 0.4) is 0 Å². The molecule has 0 fully saturated rings. The second kappa shape index (κ2) is 8.34. The summed E-state index contributed by atoms with van der Waals surface area (Å²) in [6.45, 7) is -0.171. The Morgan fingerprint density at radius 2 is 1.89 bits per heavy atom. The normalized spacial score (nSPS) is 12.9. The zero-order chi connectivity index (χ0) is 19.4. The van der Waals surface area contributed by atoms with Crippen LogP contribution in [0.2, 0.25) is 0 Å². The van der Waals surface area contributed by atoms with Gasteiger partial charge < -0.3 is 19.5 Å². The summed E-state index contributed by atoms with van der Waals surface area (Å²) in [4.78, 5) is 24.6. The van der Waals surface area contributed by atoms with E-state index >= 15 is 0 Å². The lowest BCUT2D eigenvalue weighted by molar-refractivity contribution is -0.117. The third-order valence-corrected chi connectivity index (χ3v) is 5.15. The molecule has 2 aromatic rings. The van der Waals surface area contributed by atoms with E-state index in [1.165, 1.54) is 26.0 Å². The van der Waals surface area contributed by atoms with Crippen molar-refractivity contribution in [1.29, 1.82) is 0 Å². The molecule has 1 aromatic carbocycles. The lowest BCUT2D eigenvalue weighted by atomic mass is 10.2. The van der Waals surface area contributed by atoms with Crippen LogP contribution in [-0.2, 0) is 23.5 Å². The minimum atomic E-state index is -0.371. The van der Waals surface area contributed by atoms with E-state index in [4.69, 9.17) is 14.2 Å². The summed E-state index contributed by atoms with van der Waals surface area (Å²) in [6.07, 6.45) is 0.800. The molecular weight excluding hydrogens is 370 g/mol. The van der Waals surface area contributed by atoms with Crippen molar-refractivity contribution in [2.45, 2.75) is 18.7 Å².